The van der Waals surface area contributed by atoms with Gasteiger partial charge in [0.05, 0.1) is 5.92 Å². The van der Waals surface area contributed by atoms with Crippen LogP contribution in [0.15, 0.2) is 18.2 Å². The third-order valence-corrected chi connectivity index (χ3v) is 3.77. The number of piperidine rings is 1. The highest BCUT2D eigenvalue weighted by Gasteiger charge is 2.41. The van der Waals surface area contributed by atoms with Crippen LogP contribution in [0.1, 0.15) is 18.4 Å². The molecule has 19 heavy (non-hydrogen) atoms. The van der Waals surface area contributed by atoms with Gasteiger partial charge in [-0.3, -0.25) is 0 Å². The van der Waals surface area contributed by atoms with Gasteiger partial charge in [0.2, 0.25) is 0 Å². The van der Waals surface area contributed by atoms with Crippen LogP contribution in [0.4, 0.5) is 23.2 Å². The van der Waals surface area contributed by atoms with E-state index >= 15 is 0 Å². The summed E-state index contributed by atoms with van der Waals surface area (Å²) in [5.74, 6) is -1.47. The summed E-state index contributed by atoms with van der Waals surface area (Å²) in [6.07, 6.45) is -3.98. The van der Waals surface area contributed by atoms with Crippen molar-refractivity contribution in [3.8, 4) is 0 Å². The number of hydrogen-bond acceptors (Lipinski definition) is 1. The number of anilines is 1. The van der Waals surface area contributed by atoms with E-state index in [0.29, 0.717) is 18.7 Å². The zero-order valence-corrected chi connectivity index (χ0v) is 10.9. The van der Waals surface area contributed by atoms with Crippen LogP contribution in [0.3, 0.4) is 0 Å². The molecule has 0 spiro atoms. The topological polar surface area (TPSA) is 3.24 Å². The van der Waals surface area contributed by atoms with Crippen molar-refractivity contribution >= 4 is 17.3 Å². The van der Waals surface area contributed by atoms with Crippen molar-refractivity contribution in [3.05, 3.63) is 29.6 Å². The standard InChI is InChI=1S/C13H14ClF4N/c14-8-9-7-11(15)1-2-12(9)19-5-3-10(4-6-19)13(16,17)18/h1-2,7,10H,3-6,8H2. The van der Waals surface area contributed by atoms with Crippen molar-refractivity contribution in [2.75, 3.05) is 18.0 Å². The fraction of sp³-hybridized carbons (Fsp3) is 0.538. The molecule has 1 aromatic carbocycles. The maximum atomic E-state index is 13.1. The molecule has 6 heteroatoms. The van der Waals surface area contributed by atoms with E-state index in [4.69, 9.17) is 11.6 Å². The van der Waals surface area contributed by atoms with Gasteiger partial charge in [-0.1, -0.05) is 0 Å². The van der Waals surface area contributed by atoms with Crippen LogP contribution in [-0.4, -0.2) is 19.3 Å². The Morgan fingerprint density at radius 2 is 1.84 bits per heavy atom. The molecule has 1 fully saturated rings. The molecule has 1 nitrogen and oxygen atoms in total. The second-order valence-corrected chi connectivity index (χ2v) is 4.98. The molecule has 1 aliphatic rings. The average Bonchev–Trinajstić information content (AvgIpc) is 2.37. The molecular weight excluding hydrogens is 282 g/mol. The van der Waals surface area contributed by atoms with Crippen molar-refractivity contribution in [1.29, 1.82) is 0 Å². The van der Waals surface area contributed by atoms with Crippen LogP contribution in [0.5, 0.6) is 0 Å². The Morgan fingerprint density at radius 3 is 2.37 bits per heavy atom. The first kappa shape index (κ1) is 14.4. The Hall–Kier alpha value is -0.970. The molecule has 0 atom stereocenters. The molecule has 0 aromatic heterocycles. The fourth-order valence-electron chi connectivity index (χ4n) is 2.42. The van der Waals surface area contributed by atoms with Crippen LogP contribution in [0.2, 0.25) is 0 Å². The number of alkyl halides is 4. The second kappa shape index (κ2) is 5.57. The van der Waals surface area contributed by atoms with Gasteiger partial charge in [-0.05, 0) is 36.6 Å². The first-order valence-corrected chi connectivity index (χ1v) is 6.61. The molecule has 0 bridgehead atoms. The average molecular weight is 296 g/mol. The summed E-state index contributed by atoms with van der Waals surface area (Å²) in [6.45, 7) is 0.638. The summed E-state index contributed by atoms with van der Waals surface area (Å²) in [5.41, 5.74) is 1.35. The van der Waals surface area contributed by atoms with Crippen LogP contribution in [0.25, 0.3) is 0 Å². The van der Waals surface area contributed by atoms with Gasteiger partial charge in [0.1, 0.15) is 5.82 Å². The number of nitrogens with zero attached hydrogens (tertiary/aromatic N) is 1. The molecular formula is C13H14ClF4N. The van der Waals surface area contributed by atoms with Crippen molar-refractivity contribution in [1.82, 2.24) is 0 Å². The lowest BCUT2D eigenvalue weighted by molar-refractivity contribution is -0.179. The lowest BCUT2D eigenvalue weighted by Gasteiger charge is -2.35. The Kier molecular flexibility index (Phi) is 4.23. The molecule has 0 aliphatic carbocycles. The molecule has 1 aliphatic heterocycles. The molecule has 0 amide bonds. The second-order valence-electron chi connectivity index (χ2n) is 4.71. The Morgan fingerprint density at radius 1 is 1.21 bits per heavy atom. The van der Waals surface area contributed by atoms with E-state index in [9.17, 15) is 17.6 Å². The Bertz CT molecular complexity index is 439. The summed E-state index contributed by atoms with van der Waals surface area (Å²) in [4.78, 5) is 1.85. The monoisotopic (exact) mass is 295 g/mol. The number of hydrogen-bond donors (Lipinski definition) is 0. The molecule has 1 heterocycles. The van der Waals surface area contributed by atoms with E-state index in [1.54, 1.807) is 6.07 Å². The molecule has 0 unspecified atom stereocenters. The number of halogens is 5. The molecule has 1 aromatic rings. The summed E-state index contributed by atoms with van der Waals surface area (Å²) in [5, 5.41) is 0. The first-order chi connectivity index (χ1) is 8.91. The van der Waals surface area contributed by atoms with E-state index in [1.165, 1.54) is 12.1 Å². The fourth-order valence-corrected chi connectivity index (χ4v) is 2.63. The first-order valence-electron chi connectivity index (χ1n) is 6.08. The van der Waals surface area contributed by atoms with Crippen molar-refractivity contribution < 1.29 is 17.6 Å². The Balaban J connectivity index is 2.10. The van der Waals surface area contributed by atoms with Gasteiger partial charge in [-0.2, -0.15) is 13.2 Å². The molecule has 106 valence electrons. The van der Waals surface area contributed by atoms with Gasteiger partial charge in [-0.15, -0.1) is 11.6 Å². The Labute approximate surface area is 114 Å². The minimum absolute atomic E-state index is 0.0720. The van der Waals surface area contributed by atoms with E-state index in [2.05, 4.69) is 0 Å². The predicted molar refractivity (Wildman–Crippen MR) is 66.9 cm³/mol. The zero-order chi connectivity index (χ0) is 14.0. The van der Waals surface area contributed by atoms with Crippen molar-refractivity contribution in [2.24, 2.45) is 5.92 Å². The minimum atomic E-state index is -4.12. The molecule has 0 radical (unpaired) electrons. The highest BCUT2D eigenvalue weighted by atomic mass is 35.5. The van der Waals surface area contributed by atoms with E-state index in [0.717, 1.165) is 5.69 Å². The minimum Gasteiger partial charge on any atom is -0.371 e. The van der Waals surface area contributed by atoms with Gasteiger partial charge >= 0.3 is 6.18 Å². The smallest absolute Gasteiger partial charge is 0.371 e. The van der Waals surface area contributed by atoms with Gasteiger partial charge < -0.3 is 4.90 Å². The van der Waals surface area contributed by atoms with E-state index < -0.39 is 12.1 Å². The van der Waals surface area contributed by atoms with Gasteiger partial charge in [0.25, 0.3) is 0 Å². The highest BCUT2D eigenvalue weighted by molar-refractivity contribution is 6.17. The van der Waals surface area contributed by atoms with Crippen LogP contribution >= 0.6 is 11.6 Å². The predicted octanol–water partition coefficient (Wildman–Crippen LogP) is 4.34. The van der Waals surface area contributed by atoms with E-state index in [-0.39, 0.29) is 24.5 Å². The number of rotatable bonds is 2. The maximum absolute atomic E-state index is 13.1. The van der Waals surface area contributed by atoms with Gasteiger partial charge in [0, 0.05) is 24.7 Å². The maximum Gasteiger partial charge on any atom is 0.391 e. The summed E-state index contributed by atoms with van der Waals surface area (Å²) in [7, 11) is 0. The van der Waals surface area contributed by atoms with Crippen molar-refractivity contribution in [3.63, 3.8) is 0 Å². The van der Waals surface area contributed by atoms with Gasteiger partial charge in [0.15, 0.2) is 0 Å². The normalized spacial score (nSPS) is 17.8. The van der Waals surface area contributed by atoms with Crippen molar-refractivity contribution in [2.45, 2.75) is 24.9 Å². The van der Waals surface area contributed by atoms with E-state index in [1.807, 2.05) is 4.90 Å². The largest absolute Gasteiger partial charge is 0.391 e. The highest BCUT2D eigenvalue weighted by Crippen LogP contribution is 2.36. The summed E-state index contributed by atoms with van der Waals surface area (Å²) >= 11 is 5.75. The lowest BCUT2D eigenvalue weighted by atomic mass is 9.95. The van der Waals surface area contributed by atoms with Crippen LogP contribution in [-0.2, 0) is 5.88 Å². The third-order valence-electron chi connectivity index (χ3n) is 3.48. The number of benzene rings is 1. The van der Waals surface area contributed by atoms with Gasteiger partial charge in [-0.25, -0.2) is 4.39 Å². The summed E-state index contributed by atoms with van der Waals surface area (Å²) < 4.78 is 50.8. The molecule has 1 saturated heterocycles. The quantitative estimate of drug-likeness (QED) is 0.579. The molecule has 0 saturated carbocycles. The van der Waals surface area contributed by atoms with Crippen LogP contribution < -0.4 is 4.90 Å². The lowest BCUT2D eigenvalue weighted by Crippen LogP contribution is -2.39. The summed E-state index contributed by atoms with van der Waals surface area (Å²) in [6, 6.07) is 4.22. The zero-order valence-electron chi connectivity index (χ0n) is 10.2. The van der Waals surface area contributed by atoms with Crippen LogP contribution in [0, 0.1) is 11.7 Å². The molecule has 2 rings (SSSR count). The third kappa shape index (κ3) is 3.32. The SMILES string of the molecule is Fc1ccc(N2CCC(C(F)(F)F)CC2)c(CCl)c1. The molecule has 0 N–H and O–H groups in total.